The Hall–Kier alpha value is -4.63. The fourth-order valence-electron chi connectivity index (χ4n) is 3.31. The van der Waals surface area contributed by atoms with E-state index in [4.69, 9.17) is 9.47 Å². The highest BCUT2D eigenvalue weighted by atomic mass is 32.2. The van der Waals surface area contributed by atoms with Gasteiger partial charge < -0.3 is 19.7 Å². The van der Waals surface area contributed by atoms with Gasteiger partial charge in [0.2, 0.25) is 9.84 Å². The van der Waals surface area contributed by atoms with Crippen molar-refractivity contribution >= 4 is 21.8 Å². The molecule has 0 aliphatic rings. The molecular weight excluding hydrogens is 472 g/mol. The molecule has 176 valence electrons. The van der Waals surface area contributed by atoms with E-state index in [0.29, 0.717) is 0 Å². The highest BCUT2D eigenvalue weighted by Crippen LogP contribution is 2.43. The standard InChI is InChI=1S/C26H18O8S/c27-25(28)18-11-4-6-13-20(18)33-22-15-8-16-23(35(31,32)17-9-2-1-3-10-17)24(22)34-21-14-7-5-12-19(21)26(29)30/h1-16H,(H,27,28)(H,29,30). The molecule has 9 heteroatoms. The van der Waals surface area contributed by atoms with Crippen LogP contribution in [-0.4, -0.2) is 30.6 Å². The maximum atomic E-state index is 13.5. The maximum absolute atomic E-state index is 13.5. The van der Waals surface area contributed by atoms with Crippen molar-refractivity contribution in [2.75, 3.05) is 0 Å². The van der Waals surface area contributed by atoms with Gasteiger partial charge in [-0.25, -0.2) is 18.0 Å². The molecule has 0 aliphatic carbocycles. The highest BCUT2D eigenvalue weighted by Gasteiger charge is 2.27. The molecule has 2 N–H and O–H groups in total. The maximum Gasteiger partial charge on any atom is 0.339 e. The van der Waals surface area contributed by atoms with Gasteiger partial charge in [-0.05, 0) is 48.5 Å². The Kier molecular flexibility index (Phi) is 6.52. The van der Waals surface area contributed by atoms with E-state index in [2.05, 4.69) is 0 Å². The smallest absolute Gasteiger partial charge is 0.339 e. The molecule has 4 rings (SSSR count). The summed E-state index contributed by atoms with van der Waals surface area (Å²) in [7, 11) is -4.13. The molecule has 0 bridgehead atoms. The lowest BCUT2D eigenvalue weighted by Gasteiger charge is -2.18. The van der Waals surface area contributed by atoms with E-state index >= 15 is 0 Å². The zero-order valence-corrected chi connectivity index (χ0v) is 18.8. The number of carboxylic acids is 2. The Morgan fingerprint density at radius 3 is 1.63 bits per heavy atom. The van der Waals surface area contributed by atoms with Gasteiger partial charge in [0.25, 0.3) is 0 Å². The summed E-state index contributed by atoms with van der Waals surface area (Å²) in [4.78, 5) is 23.1. The minimum Gasteiger partial charge on any atom is -0.478 e. The number of carbonyl (C=O) groups is 2. The first-order valence-corrected chi connectivity index (χ1v) is 11.7. The van der Waals surface area contributed by atoms with Crippen LogP contribution in [0.15, 0.2) is 107 Å². The highest BCUT2D eigenvalue weighted by molar-refractivity contribution is 7.91. The van der Waals surface area contributed by atoms with Crippen molar-refractivity contribution in [1.29, 1.82) is 0 Å². The number of ether oxygens (including phenoxy) is 2. The molecule has 0 spiro atoms. The number of aromatic carboxylic acids is 2. The average molecular weight is 490 g/mol. The second-order valence-corrected chi connectivity index (χ2v) is 9.12. The molecule has 8 nitrogen and oxygen atoms in total. The van der Waals surface area contributed by atoms with Crippen LogP contribution in [0, 0.1) is 0 Å². The molecule has 4 aromatic carbocycles. The first-order valence-electron chi connectivity index (χ1n) is 10.2. The van der Waals surface area contributed by atoms with Crippen molar-refractivity contribution in [3.05, 3.63) is 108 Å². The van der Waals surface area contributed by atoms with E-state index in [1.54, 1.807) is 24.3 Å². The topological polar surface area (TPSA) is 127 Å². The molecule has 0 heterocycles. The van der Waals surface area contributed by atoms with E-state index in [9.17, 15) is 28.2 Å². The molecule has 0 amide bonds. The van der Waals surface area contributed by atoms with Gasteiger partial charge in [-0.2, -0.15) is 0 Å². The van der Waals surface area contributed by atoms with Crippen molar-refractivity contribution in [1.82, 2.24) is 0 Å². The van der Waals surface area contributed by atoms with Crippen LogP contribution >= 0.6 is 0 Å². The second-order valence-electron chi connectivity index (χ2n) is 7.21. The SMILES string of the molecule is O=C(O)c1ccccc1Oc1cccc(S(=O)(=O)c2ccccc2)c1Oc1ccccc1C(=O)O. The average Bonchev–Trinajstić information content (AvgIpc) is 2.86. The van der Waals surface area contributed by atoms with Crippen molar-refractivity contribution in [2.45, 2.75) is 9.79 Å². The van der Waals surface area contributed by atoms with E-state index in [0.717, 1.165) is 0 Å². The lowest BCUT2D eigenvalue weighted by molar-refractivity contribution is 0.0682. The number of rotatable bonds is 8. The third-order valence-electron chi connectivity index (χ3n) is 4.95. The number of hydrogen-bond donors (Lipinski definition) is 2. The third-order valence-corrected chi connectivity index (χ3v) is 6.75. The molecule has 0 aliphatic heterocycles. The minimum absolute atomic E-state index is 0.0144. The summed E-state index contributed by atoms with van der Waals surface area (Å²) in [6, 6.07) is 23.3. The fourth-order valence-corrected chi connectivity index (χ4v) is 4.72. The molecule has 35 heavy (non-hydrogen) atoms. The number of hydrogen-bond acceptors (Lipinski definition) is 6. The van der Waals surface area contributed by atoms with Crippen LogP contribution in [0.25, 0.3) is 0 Å². The van der Waals surface area contributed by atoms with Gasteiger partial charge in [0, 0.05) is 0 Å². The summed E-state index contributed by atoms with van der Waals surface area (Å²) in [5.74, 6) is -3.09. The molecular formula is C26H18O8S. The molecule has 0 unspecified atom stereocenters. The third kappa shape index (κ3) is 4.85. The van der Waals surface area contributed by atoms with Crippen molar-refractivity contribution in [3.8, 4) is 23.0 Å². The van der Waals surface area contributed by atoms with Crippen LogP contribution < -0.4 is 9.47 Å². The summed E-state index contributed by atoms with van der Waals surface area (Å²) < 4.78 is 38.7. The first kappa shape index (κ1) is 23.5. The predicted molar refractivity (Wildman–Crippen MR) is 125 cm³/mol. The van der Waals surface area contributed by atoms with Gasteiger partial charge in [-0.3, -0.25) is 0 Å². The monoisotopic (exact) mass is 490 g/mol. The molecule has 0 atom stereocenters. The quantitative estimate of drug-likeness (QED) is 0.331. The van der Waals surface area contributed by atoms with Crippen LogP contribution in [0.1, 0.15) is 20.7 Å². The number of carboxylic acid groups (broad SMARTS) is 2. The lowest BCUT2D eigenvalue weighted by atomic mass is 10.2. The Morgan fingerprint density at radius 1 is 0.571 bits per heavy atom. The Bertz CT molecular complexity index is 1510. The summed E-state index contributed by atoms with van der Waals surface area (Å²) in [5.41, 5.74) is -0.350. The second kappa shape index (κ2) is 9.70. The number of sulfone groups is 1. The minimum atomic E-state index is -4.13. The van der Waals surface area contributed by atoms with E-state index in [1.807, 2.05) is 0 Å². The van der Waals surface area contributed by atoms with Crippen molar-refractivity contribution < 1.29 is 37.7 Å². The summed E-state index contributed by atoms with van der Waals surface area (Å²) in [5, 5.41) is 19.1. The molecule has 0 saturated carbocycles. The molecule has 4 aromatic rings. The largest absolute Gasteiger partial charge is 0.478 e. The van der Waals surface area contributed by atoms with E-state index in [-0.39, 0.29) is 43.9 Å². The Labute approximate surface area is 200 Å². The van der Waals surface area contributed by atoms with Crippen LogP contribution in [0.5, 0.6) is 23.0 Å². The van der Waals surface area contributed by atoms with Crippen LogP contribution in [0.3, 0.4) is 0 Å². The van der Waals surface area contributed by atoms with Crippen molar-refractivity contribution in [3.63, 3.8) is 0 Å². The van der Waals surface area contributed by atoms with Gasteiger partial charge in [-0.1, -0.05) is 48.5 Å². The summed E-state index contributed by atoms with van der Waals surface area (Å²) in [6.07, 6.45) is 0. The zero-order valence-electron chi connectivity index (χ0n) is 18.0. The molecule has 0 aromatic heterocycles. The normalized spacial score (nSPS) is 11.0. The van der Waals surface area contributed by atoms with Gasteiger partial charge in [0.15, 0.2) is 11.5 Å². The number of para-hydroxylation sites is 3. The van der Waals surface area contributed by atoms with E-state index < -0.39 is 21.8 Å². The zero-order chi connectivity index (χ0) is 25.0. The van der Waals surface area contributed by atoms with Gasteiger partial charge in [0.1, 0.15) is 27.5 Å². The number of benzene rings is 4. The molecule has 0 saturated heterocycles. The Morgan fingerprint density at radius 2 is 1.06 bits per heavy atom. The molecule has 0 radical (unpaired) electrons. The summed E-state index contributed by atoms with van der Waals surface area (Å²) >= 11 is 0. The fraction of sp³-hybridized carbons (Fsp3) is 0. The van der Waals surface area contributed by atoms with Crippen LogP contribution in [-0.2, 0) is 9.84 Å². The van der Waals surface area contributed by atoms with E-state index in [1.165, 1.54) is 72.8 Å². The van der Waals surface area contributed by atoms with Gasteiger partial charge >= 0.3 is 11.9 Å². The van der Waals surface area contributed by atoms with Crippen LogP contribution in [0.2, 0.25) is 0 Å². The van der Waals surface area contributed by atoms with Crippen LogP contribution in [0.4, 0.5) is 0 Å². The van der Waals surface area contributed by atoms with Crippen molar-refractivity contribution in [2.24, 2.45) is 0 Å². The lowest BCUT2D eigenvalue weighted by Crippen LogP contribution is -2.07. The summed E-state index contributed by atoms with van der Waals surface area (Å²) in [6.45, 7) is 0. The molecule has 0 fully saturated rings. The Balaban J connectivity index is 1.92. The van der Waals surface area contributed by atoms with Gasteiger partial charge in [-0.15, -0.1) is 0 Å². The first-order chi connectivity index (χ1) is 16.8. The van der Waals surface area contributed by atoms with Gasteiger partial charge in [0.05, 0.1) is 4.90 Å². The predicted octanol–water partition coefficient (Wildman–Crippen LogP) is 5.50.